The molecule has 0 aliphatic carbocycles. The second kappa shape index (κ2) is 9.14. The Morgan fingerprint density at radius 3 is 2.65 bits per heavy atom. The van der Waals surface area contributed by atoms with Gasteiger partial charge in [0.15, 0.2) is 5.82 Å². The molecule has 1 unspecified atom stereocenters. The highest BCUT2D eigenvalue weighted by atomic mass is 16.5. The Morgan fingerprint density at radius 2 is 1.95 bits per heavy atom. The lowest BCUT2D eigenvalue weighted by Crippen LogP contribution is -2.57. The number of hydrogen-bond acceptors (Lipinski definition) is 8. The van der Waals surface area contributed by atoms with Crippen molar-refractivity contribution in [2.24, 2.45) is 7.05 Å². The second-order valence-electron chi connectivity index (χ2n) is 11.0. The molecule has 196 valence electrons. The van der Waals surface area contributed by atoms with Crippen molar-refractivity contribution in [2.45, 2.75) is 78.0 Å². The first-order chi connectivity index (χ1) is 17.6. The Morgan fingerprint density at radius 1 is 1.19 bits per heavy atom. The van der Waals surface area contributed by atoms with Crippen LogP contribution in [0.2, 0.25) is 0 Å². The topological polar surface area (TPSA) is 105 Å². The van der Waals surface area contributed by atoms with E-state index >= 15 is 0 Å². The first kappa shape index (κ1) is 25.2. The molecular formula is C27H36N8O2. The highest BCUT2D eigenvalue weighted by Gasteiger charge is 2.37. The van der Waals surface area contributed by atoms with Crippen molar-refractivity contribution in [3.05, 3.63) is 39.8 Å². The summed E-state index contributed by atoms with van der Waals surface area (Å²) in [5.41, 5.74) is 3.06. The van der Waals surface area contributed by atoms with Gasteiger partial charge in [-0.15, -0.1) is 0 Å². The maximum absolute atomic E-state index is 12.9. The van der Waals surface area contributed by atoms with E-state index in [2.05, 4.69) is 67.6 Å². The zero-order valence-electron chi connectivity index (χ0n) is 22.8. The largest absolute Gasteiger partial charge is 0.491 e. The van der Waals surface area contributed by atoms with Gasteiger partial charge in [0.2, 0.25) is 0 Å². The van der Waals surface area contributed by atoms with Gasteiger partial charge < -0.3 is 14.2 Å². The second-order valence-corrected chi connectivity index (χ2v) is 11.0. The van der Waals surface area contributed by atoms with Gasteiger partial charge in [0.1, 0.15) is 22.7 Å². The molecule has 0 saturated carbocycles. The number of ether oxygens (including phenoxy) is 1. The van der Waals surface area contributed by atoms with Gasteiger partial charge in [0.25, 0.3) is 0 Å². The van der Waals surface area contributed by atoms with Crippen molar-refractivity contribution >= 4 is 17.0 Å². The van der Waals surface area contributed by atoms with Crippen molar-refractivity contribution < 1.29 is 4.74 Å². The number of piperazine rings is 1. The number of nitrogens with zero attached hydrogens (tertiary/aromatic N) is 8. The van der Waals surface area contributed by atoms with Crippen LogP contribution in [-0.4, -0.2) is 60.8 Å². The zero-order chi connectivity index (χ0) is 26.6. The van der Waals surface area contributed by atoms with Gasteiger partial charge in [-0.2, -0.15) is 10.2 Å². The van der Waals surface area contributed by atoms with Crippen LogP contribution in [0.5, 0.6) is 5.75 Å². The highest BCUT2D eigenvalue weighted by Crippen LogP contribution is 2.38. The summed E-state index contributed by atoms with van der Waals surface area (Å²) in [6.45, 7) is 15.7. The van der Waals surface area contributed by atoms with E-state index in [0.717, 1.165) is 23.7 Å². The van der Waals surface area contributed by atoms with E-state index in [1.54, 1.807) is 7.05 Å². The fraction of sp³-hybridized carbons (Fsp3) is 0.593. The summed E-state index contributed by atoms with van der Waals surface area (Å²) < 4.78 is 9.32. The van der Waals surface area contributed by atoms with Gasteiger partial charge in [0.05, 0.1) is 30.5 Å². The number of pyridine rings is 1. The fourth-order valence-electron chi connectivity index (χ4n) is 5.81. The molecule has 5 rings (SSSR count). The average molecular weight is 505 g/mol. The van der Waals surface area contributed by atoms with E-state index < -0.39 is 0 Å². The third-order valence-electron chi connectivity index (χ3n) is 7.93. The van der Waals surface area contributed by atoms with Crippen LogP contribution >= 0.6 is 0 Å². The summed E-state index contributed by atoms with van der Waals surface area (Å²) in [5.74, 6) is 2.15. The van der Waals surface area contributed by atoms with Crippen LogP contribution in [0, 0.1) is 11.3 Å². The molecule has 0 N–H and O–H groups in total. The third-order valence-corrected chi connectivity index (χ3v) is 7.93. The van der Waals surface area contributed by atoms with Crippen LogP contribution in [0.25, 0.3) is 11.2 Å². The summed E-state index contributed by atoms with van der Waals surface area (Å²) in [7, 11) is 1.72. The molecule has 3 atom stereocenters. The van der Waals surface area contributed by atoms with E-state index in [1.165, 1.54) is 4.57 Å². The highest BCUT2D eigenvalue weighted by molar-refractivity contribution is 5.84. The normalized spacial score (nSPS) is 22.1. The van der Waals surface area contributed by atoms with E-state index in [0.29, 0.717) is 42.5 Å². The molecule has 2 aliphatic heterocycles. The molecule has 0 spiro atoms. The van der Waals surface area contributed by atoms with Gasteiger partial charge in [-0.05, 0) is 39.8 Å². The smallest absolute Gasteiger partial charge is 0.350 e. The lowest BCUT2D eigenvalue weighted by molar-refractivity contribution is 0.116. The summed E-state index contributed by atoms with van der Waals surface area (Å²) in [6, 6.07) is 6.74. The van der Waals surface area contributed by atoms with Crippen LogP contribution in [0.3, 0.4) is 0 Å². The van der Waals surface area contributed by atoms with Gasteiger partial charge in [-0.25, -0.2) is 9.78 Å². The van der Waals surface area contributed by atoms with Crippen molar-refractivity contribution in [1.82, 2.24) is 29.0 Å². The Balaban J connectivity index is 1.47. The Labute approximate surface area is 217 Å². The number of anilines is 1. The molecule has 0 amide bonds. The van der Waals surface area contributed by atoms with Crippen LogP contribution < -0.4 is 15.3 Å². The lowest BCUT2D eigenvalue weighted by atomic mass is 9.91. The lowest BCUT2D eigenvalue weighted by Gasteiger charge is -2.47. The standard InChI is InChI=1S/C27H36N8O2/c1-8-33-21(11-12-28)30-22-24(31-26(36)32(7)25(22)33)35-14-16(2)34(13-17(35)3)18(4)19-9-10-20-23(29-19)27(5,6)15-37-20/h9-10,16-18H,8,11,13-15H2,1-7H3/t16-,17+,18?/m1/s1. The molecular weight excluding hydrogens is 468 g/mol. The third kappa shape index (κ3) is 4.06. The molecule has 10 nitrogen and oxygen atoms in total. The summed E-state index contributed by atoms with van der Waals surface area (Å²) >= 11 is 0. The number of fused-ring (bicyclic) bond motifs is 2. The zero-order valence-corrected chi connectivity index (χ0v) is 22.8. The molecule has 2 aliphatic rings. The van der Waals surface area contributed by atoms with Gasteiger partial charge in [-0.3, -0.25) is 14.5 Å². The van der Waals surface area contributed by atoms with Crippen molar-refractivity contribution in [3.8, 4) is 11.8 Å². The number of imidazole rings is 1. The first-order valence-electron chi connectivity index (χ1n) is 13.1. The van der Waals surface area contributed by atoms with E-state index in [4.69, 9.17) is 14.7 Å². The first-order valence-corrected chi connectivity index (χ1v) is 13.1. The summed E-state index contributed by atoms with van der Waals surface area (Å²) in [6.07, 6.45) is 0.184. The molecule has 3 aromatic heterocycles. The van der Waals surface area contributed by atoms with Crippen LogP contribution in [0.1, 0.15) is 64.8 Å². The van der Waals surface area contributed by atoms with Crippen LogP contribution in [0.15, 0.2) is 16.9 Å². The molecule has 0 aromatic carbocycles. The number of aryl methyl sites for hydroxylation is 2. The molecule has 10 heteroatoms. The molecule has 0 bridgehead atoms. The maximum Gasteiger partial charge on any atom is 0.350 e. The SMILES string of the molecule is CCn1c(CC#N)nc2c(N3C[C@@H](C)N(C(C)c4ccc5c(n4)C(C)(C)CO5)C[C@@H]3C)nc(=O)n(C)c21. The van der Waals surface area contributed by atoms with E-state index in [9.17, 15) is 10.1 Å². The number of aromatic nitrogens is 5. The molecule has 5 heterocycles. The van der Waals surface area contributed by atoms with Gasteiger partial charge in [-0.1, -0.05) is 13.8 Å². The van der Waals surface area contributed by atoms with Gasteiger partial charge >= 0.3 is 5.69 Å². The molecule has 3 aromatic rings. The fourth-order valence-corrected chi connectivity index (χ4v) is 5.81. The quantitative estimate of drug-likeness (QED) is 0.522. The number of hydrogen-bond donors (Lipinski definition) is 0. The predicted molar refractivity (Wildman–Crippen MR) is 142 cm³/mol. The Bertz CT molecular complexity index is 1450. The van der Waals surface area contributed by atoms with Crippen LogP contribution in [-0.2, 0) is 25.4 Å². The molecule has 1 fully saturated rings. The summed E-state index contributed by atoms with van der Waals surface area (Å²) in [5, 5.41) is 9.32. The maximum atomic E-state index is 12.9. The van der Waals surface area contributed by atoms with Crippen LogP contribution in [0.4, 0.5) is 5.82 Å². The summed E-state index contributed by atoms with van der Waals surface area (Å²) in [4.78, 5) is 31.9. The Hall–Kier alpha value is -3.45. The van der Waals surface area contributed by atoms with Crippen molar-refractivity contribution in [2.75, 3.05) is 24.6 Å². The molecule has 1 saturated heterocycles. The van der Waals surface area contributed by atoms with E-state index in [-0.39, 0.29) is 35.7 Å². The average Bonchev–Trinajstić information content (AvgIpc) is 3.39. The predicted octanol–water partition coefficient (Wildman–Crippen LogP) is 2.94. The van der Waals surface area contributed by atoms with Gasteiger partial charge in [0, 0.05) is 50.2 Å². The van der Waals surface area contributed by atoms with Crippen molar-refractivity contribution in [3.63, 3.8) is 0 Å². The molecule has 37 heavy (non-hydrogen) atoms. The minimum absolute atomic E-state index is 0.0918. The monoisotopic (exact) mass is 504 g/mol. The number of nitriles is 1. The van der Waals surface area contributed by atoms with Crippen molar-refractivity contribution in [1.29, 1.82) is 5.26 Å². The minimum Gasteiger partial charge on any atom is -0.491 e. The van der Waals surface area contributed by atoms with E-state index in [1.807, 2.05) is 11.5 Å². The number of rotatable bonds is 5. The minimum atomic E-state index is -0.316. The Kier molecular flexibility index (Phi) is 6.23. The molecule has 0 radical (unpaired) electrons.